The molecule has 0 aromatic heterocycles. The maximum Gasteiger partial charge on any atom is 0.331 e. The summed E-state index contributed by atoms with van der Waals surface area (Å²) in [6.45, 7) is 3.37. The topological polar surface area (TPSA) is 63.3 Å². The summed E-state index contributed by atoms with van der Waals surface area (Å²) in [6.07, 6.45) is 1.53. The molecule has 0 bridgehead atoms. The van der Waals surface area contributed by atoms with Crippen LogP contribution in [0.4, 0.5) is 5.69 Å². The number of carboxylic acids is 1. The van der Waals surface area contributed by atoms with Gasteiger partial charge in [-0.1, -0.05) is 17.7 Å². The molecule has 15 heavy (non-hydrogen) atoms. The van der Waals surface area contributed by atoms with Crippen LogP contribution in [0.2, 0.25) is 5.02 Å². The Kier molecular flexibility index (Phi) is 3.37. The summed E-state index contributed by atoms with van der Waals surface area (Å²) in [5, 5.41) is 9.19. The van der Waals surface area contributed by atoms with Crippen molar-refractivity contribution in [2.45, 2.75) is 13.8 Å². The van der Waals surface area contributed by atoms with E-state index in [4.69, 9.17) is 22.4 Å². The lowest BCUT2D eigenvalue weighted by atomic mass is 10.0. The molecule has 0 saturated carbocycles. The van der Waals surface area contributed by atoms with Crippen molar-refractivity contribution >= 4 is 29.3 Å². The normalized spacial score (nSPS) is 11.5. The molecular formula is C11H12ClNO2. The van der Waals surface area contributed by atoms with Crippen LogP contribution in [0.25, 0.3) is 6.08 Å². The summed E-state index contributed by atoms with van der Waals surface area (Å²) in [5.41, 5.74) is 7.97. The Hall–Kier alpha value is -1.48. The van der Waals surface area contributed by atoms with Crippen molar-refractivity contribution in [1.29, 1.82) is 0 Å². The minimum absolute atomic E-state index is 0.229. The van der Waals surface area contributed by atoms with Crippen LogP contribution in [-0.2, 0) is 4.79 Å². The van der Waals surface area contributed by atoms with E-state index in [0.29, 0.717) is 16.3 Å². The third-order valence-electron chi connectivity index (χ3n) is 2.15. The maximum absolute atomic E-state index is 10.7. The molecule has 3 nitrogen and oxygen atoms in total. The van der Waals surface area contributed by atoms with Gasteiger partial charge in [0, 0.05) is 11.1 Å². The fourth-order valence-electron chi connectivity index (χ4n) is 1.19. The Morgan fingerprint density at radius 2 is 2.13 bits per heavy atom. The number of aliphatic carboxylic acids is 1. The van der Waals surface area contributed by atoms with Crippen molar-refractivity contribution in [3.63, 3.8) is 0 Å². The molecule has 3 N–H and O–H groups in total. The number of nitrogens with two attached hydrogens (primary N) is 1. The molecule has 0 heterocycles. The molecule has 0 spiro atoms. The summed E-state index contributed by atoms with van der Waals surface area (Å²) < 4.78 is 0. The summed E-state index contributed by atoms with van der Waals surface area (Å²) in [4.78, 5) is 10.7. The molecule has 0 fully saturated rings. The lowest BCUT2D eigenvalue weighted by molar-refractivity contribution is -0.132. The number of hydrogen-bond donors (Lipinski definition) is 2. The average molecular weight is 226 g/mol. The van der Waals surface area contributed by atoms with E-state index in [1.165, 1.54) is 13.0 Å². The zero-order chi connectivity index (χ0) is 11.6. The maximum atomic E-state index is 10.7. The zero-order valence-corrected chi connectivity index (χ0v) is 9.30. The molecule has 0 unspecified atom stereocenters. The van der Waals surface area contributed by atoms with Gasteiger partial charge in [0.1, 0.15) is 0 Å². The van der Waals surface area contributed by atoms with Crippen LogP contribution in [0.1, 0.15) is 18.1 Å². The lowest BCUT2D eigenvalue weighted by Gasteiger charge is -2.07. The summed E-state index contributed by atoms with van der Waals surface area (Å²) >= 11 is 5.85. The highest BCUT2D eigenvalue weighted by Gasteiger charge is 2.07. The molecule has 1 aromatic carbocycles. The van der Waals surface area contributed by atoms with Crippen LogP contribution in [0.3, 0.4) is 0 Å². The Labute approximate surface area is 93.2 Å². The molecule has 0 radical (unpaired) electrons. The summed E-state index contributed by atoms with van der Waals surface area (Å²) in [7, 11) is 0. The number of nitrogen functional groups attached to an aromatic ring is 1. The minimum atomic E-state index is -0.964. The van der Waals surface area contributed by atoms with Crippen LogP contribution >= 0.6 is 11.6 Å². The quantitative estimate of drug-likeness (QED) is 0.601. The second-order valence-corrected chi connectivity index (χ2v) is 3.73. The molecule has 80 valence electrons. The third kappa shape index (κ3) is 2.50. The van der Waals surface area contributed by atoms with E-state index in [0.717, 1.165) is 5.56 Å². The second-order valence-electron chi connectivity index (χ2n) is 3.32. The number of rotatable bonds is 2. The van der Waals surface area contributed by atoms with Gasteiger partial charge in [0.2, 0.25) is 0 Å². The van der Waals surface area contributed by atoms with Crippen molar-refractivity contribution in [3.05, 3.63) is 33.9 Å². The van der Waals surface area contributed by atoms with Gasteiger partial charge in [-0.3, -0.25) is 0 Å². The van der Waals surface area contributed by atoms with Crippen molar-refractivity contribution in [1.82, 2.24) is 0 Å². The van der Waals surface area contributed by atoms with Crippen LogP contribution in [0, 0.1) is 6.92 Å². The number of carboxylic acid groups (broad SMARTS) is 1. The fraction of sp³-hybridized carbons (Fsp3) is 0.182. The van der Waals surface area contributed by atoms with Gasteiger partial charge in [-0.25, -0.2) is 4.79 Å². The first kappa shape index (κ1) is 11.6. The monoisotopic (exact) mass is 225 g/mol. The van der Waals surface area contributed by atoms with E-state index in [9.17, 15) is 4.79 Å². The smallest absolute Gasteiger partial charge is 0.331 e. The Balaban J connectivity index is 3.32. The Morgan fingerprint density at radius 1 is 1.53 bits per heavy atom. The highest BCUT2D eigenvalue weighted by atomic mass is 35.5. The van der Waals surface area contributed by atoms with E-state index >= 15 is 0 Å². The van der Waals surface area contributed by atoms with Gasteiger partial charge in [0.15, 0.2) is 0 Å². The van der Waals surface area contributed by atoms with Crippen molar-refractivity contribution < 1.29 is 9.90 Å². The third-order valence-corrected chi connectivity index (χ3v) is 2.48. The van der Waals surface area contributed by atoms with E-state index < -0.39 is 5.97 Å². The van der Waals surface area contributed by atoms with Crippen molar-refractivity contribution in [3.8, 4) is 0 Å². The average Bonchev–Trinajstić information content (AvgIpc) is 2.18. The van der Waals surface area contributed by atoms with Gasteiger partial charge in [-0.2, -0.15) is 0 Å². The molecule has 1 rings (SSSR count). The van der Waals surface area contributed by atoms with E-state index in [1.54, 1.807) is 12.1 Å². The predicted octanol–water partition coefficient (Wildman–Crippen LogP) is 2.72. The first-order chi connectivity index (χ1) is 6.93. The van der Waals surface area contributed by atoms with Crippen LogP contribution in [0.5, 0.6) is 0 Å². The van der Waals surface area contributed by atoms with E-state index in [2.05, 4.69) is 0 Å². The van der Waals surface area contributed by atoms with Crippen LogP contribution in [-0.4, -0.2) is 11.1 Å². The Morgan fingerprint density at radius 3 is 2.67 bits per heavy atom. The van der Waals surface area contributed by atoms with Gasteiger partial charge in [0.05, 0.1) is 10.7 Å². The Bertz CT molecular complexity index is 438. The SMILES string of the molecule is C/C(=C\c1c(C)ccc(Cl)c1N)C(=O)O. The van der Waals surface area contributed by atoms with Gasteiger partial charge in [-0.15, -0.1) is 0 Å². The van der Waals surface area contributed by atoms with Crippen LogP contribution < -0.4 is 5.73 Å². The first-order valence-corrected chi connectivity index (χ1v) is 4.77. The number of anilines is 1. The molecule has 0 aliphatic rings. The predicted molar refractivity (Wildman–Crippen MR) is 61.9 cm³/mol. The summed E-state index contributed by atoms with van der Waals surface area (Å²) in [5.74, 6) is -0.964. The number of hydrogen-bond acceptors (Lipinski definition) is 2. The zero-order valence-electron chi connectivity index (χ0n) is 8.54. The van der Waals surface area contributed by atoms with Gasteiger partial charge in [0.25, 0.3) is 0 Å². The van der Waals surface area contributed by atoms with E-state index in [1.807, 2.05) is 6.92 Å². The lowest BCUT2D eigenvalue weighted by Crippen LogP contribution is -1.99. The van der Waals surface area contributed by atoms with Crippen molar-refractivity contribution in [2.75, 3.05) is 5.73 Å². The number of aryl methyl sites for hydroxylation is 1. The highest BCUT2D eigenvalue weighted by Crippen LogP contribution is 2.27. The second kappa shape index (κ2) is 4.36. The first-order valence-electron chi connectivity index (χ1n) is 4.39. The molecule has 0 aliphatic heterocycles. The van der Waals surface area contributed by atoms with E-state index in [-0.39, 0.29) is 5.57 Å². The van der Waals surface area contributed by atoms with Crippen LogP contribution in [0.15, 0.2) is 17.7 Å². The van der Waals surface area contributed by atoms with Crippen molar-refractivity contribution in [2.24, 2.45) is 0 Å². The molecule has 1 aromatic rings. The molecule has 0 saturated heterocycles. The number of carbonyl (C=O) groups is 1. The molecule has 4 heteroatoms. The van der Waals surface area contributed by atoms with Gasteiger partial charge < -0.3 is 10.8 Å². The molecule has 0 aliphatic carbocycles. The standard InChI is InChI=1S/C11H12ClNO2/c1-6-3-4-9(12)10(13)8(6)5-7(2)11(14)15/h3-5H,13H2,1-2H3,(H,14,15)/b7-5+. The highest BCUT2D eigenvalue weighted by molar-refractivity contribution is 6.33. The minimum Gasteiger partial charge on any atom is -0.478 e. The van der Waals surface area contributed by atoms with Gasteiger partial charge in [-0.05, 0) is 31.6 Å². The fourth-order valence-corrected chi connectivity index (χ4v) is 1.35. The molecular weight excluding hydrogens is 214 g/mol. The number of halogens is 1. The van der Waals surface area contributed by atoms with Gasteiger partial charge >= 0.3 is 5.97 Å². The molecule has 0 amide bonds. The molecule has 0 atom stereocenters. The number of benzene rings is 1. The largest absolute Gasteiger partial charge is 0.478 e. The summed E-state index contributed by atoms with van der Waals surface area (Å²) in [6, 6.07) is 3.50.